The fraction of sp³-hybridized carbons (Fsp3) is 0.435. The van der Waals surface area contributed by atoms with Gasteiger partial charge in [0.1, 0.15) is 11.5 Å². The zero-order chi connectivity index (χ0) is 21.8. The fourth-order valence-corrected chi connectivity index (χ4v) is 5.19. The molecular formula is C23H27FN6O. The summed E-state index contributed by atoms with van der Waals surface area (Å²) in [5, 5.41) is 15.5. The number of hydrogen-bond donors (Lipinski definition) is 2. The standard InChI is InChI=1S/C23H27FN6O/c1-14-4-20(24)19(15(2)31)6-22(14)30-11-21(27-28-30)16-5-17(10-25-9-16)26-18-7-23(8-18)12-29(3)13-23/h4-6,9,11,18,25-26H,7-8,10,12-13H2,1-3H3. The van der Waals surface area contributed by atoms with E-state index < -0.39 is 5.82 Å². The summed E-state index contributed by atoms with van der Waals surface area (Å²) >= 11 is 0. The Bertz CT molecular complexity index is 1100. The van der Waals surface area contributed by atoms with Gasteiger partial charge >= 0.3 is 0 Å². The minimum absolute atomic E-state index is 0.0542. The SMILES string of the molecule is CC(=O)c1cc(-n2cc(C3=CNCC(NC4CC5(C4)CN(C)C5)=C3)nn2)c(C)cc1F. The van der Waals surface area contributed by atoms with Gasteiger partial charge in [-0.2, -0.15) is 0 Å². The molecule has 1 spiro atoms. The molecule has 2 fully saturated rings. The molecule has 162 valence electrons. The molecule has 7 nitrogen and oxygen atoms in total. The molecule has 0 radical (unpaired) electrons. The summed E-state index contributed by atoms with van der Waals surface area (Å²) in [7, 11) is 2.18. The number of dihydropyridines is 1. The van der Waals surface area contributed by atoms with Gasteiger partial charge in [0.15, 0.2) is 5.78 Å². The minimum Gasteiger partial charge on any atom is -0.385 e. The van der Waals surface area contributed by atoms with Crippen LogP contribution in [0.25, 0.3) is 11.3 Å². The molecule has 3 aliphatic rings. The van der Waals surface area contributed by atoms with Crippen LogP contribution in [0.5, 0.6) is 0 Å². The van der Waals surface area contributed by atoms with Gasteiger partial charge in [0, 0.05) is 36.6 Å². The van der Waals surface area contributed by atoms with E-state index in [2.05, 4.69) is 39.0 Å². The second-order valence-corrected chi connectivity index (χ2v) is 9.30. The zero-order valence-electron chi connectivity index (χ0n) is 18.1. The first kappa shape index (κ1) is 19.9. The maximum atomic E-state index is 14.1. The van der Waals surface area contributed by atoms with Gasteiger partial charge in [-0.1, -0.05) is 5.21 Å². The number of ketones is 1. The molecule has 2 aliphatic heterocycles. The van der Waals surface area contributed by atoms with E-state index in [1.165, 1.54) is 45.0 Å². The van der Waals surface area contributed by atoms with E-state index in [0.29, 0.717) is 28.4 Å². The van der Waals surface area contributed by atoms with Crippen LogP contribution in [0.3, 0.4) is 0 Å². The number of Topliss-reactive ketones (excluding diaryl/α,β-unsaturated/α-hetero) is 1. The fourth-order valence-electron chi connectivity index (χ4n) is 5.19. The molecule has 3 heterocycles. The van der Waals surface area contributed by atoms with Crippen molar-refractivity contribution in [3.8, 4) is 5.69 Å². The quantitative estimate of drug-likeness (QED) is 0.721. The number of carbonyl (C=O) groups is 1. The summed E-state index contributed by atoms with van der Waals surface area (Å²) in [5.74, 6) is -0.832. The van der Waals surface area contributed by atoms with Crippen LogP contribution in [0.2, 0.25) is 0 Å². The predicted octanol–water partition coefficient (Wildman–Crippen LogP) is 2.43. The second-order valence-electron chi connectivity index (χ2n) is 9.30. The molecule has 8 heteroatoms. The summed E-state index contributed by atoms with van der Waals surface area (Å²) < 4.78 is 15.7. The van der Waals surface area contributed by atoms with Crippen LogP contribution in [0.1, 0.15) is 41.4 Å². The lowest BCUT2D eigenvalue weighted by Gasteiger charge is -2.58. The average Bonchev–Trinajstić information content (AvgIpc) is 3.15. The normalized spacial score (nSPS) is 20.4. The summed E-state index contributed by atoms with van der Waals surface area (Å²) in [6.07, 6.45) is 8.31. The molecular weight excluding hydrogens is 395 g/mol. The van der Waals surface area contributed by atoms with Crippen molar-refractivity contribution in [2.45, 2.75) is 32.7 Å². The van der Waals surface area contributed by atoms with E-state index in [1.807, 2.05) is 6.20 Å². The molecule has 0 amide bonds. The number of benzene rings is 1. The summed E-state index contributed by atoms with van der Waals surface area (Å²) in [6, 6.07) is 3.43. The third-order valence-electron chi connectivity index (χ3n) is 6.54. The first-order chi connectivity index (χ1) is 14.8. The van der Waals surface area contributed by atoms with E-state index >= 15 is 0 Å². The Morgan fingerprint density at radius 2 is 2.10 bits per heavy atom. The first-order valence-electron chi connectivity index (χ1n) is 10.7. The number of nitrogens with zero attached hydrogens (tertiary/aromatic N) is 4. The highest BCUT2D eigenvalue weighted by atomic mass is 19.1. The van der Waals surface area contributed by atoms with Gasteiger partial charge in [-0.25, -0.2) is 9.07 Å². The lowest BCUT2D eigenvalue weighted by molar-refractivity contribution is -0.0626. The van der Waals surface area contributed by atoms with Crippen LogP contribution < -0.4 is 10.6 Å². The first-order valence-corrected chi connectivity index (χ1v) is 10.7. The predicted molar refractivity (Wildman–Crippen MR) is 116 cm³/mol. The van der Waals surface area contributed by atoms with Gasteiger partial charge in [-0.15, -0.1) is 5.10 Å². The number of aryl methyl sites for hydroxylation is 1. The number of halogens is 1. The summed E-state index contributed by atoms with van der Waals surface area (Å²) in [6.45, 7) is 6.34. The van der Waals surface area contributed by atoms with Crippen LogP contribution in [-0.4, -0.2) is 58.4 Å². The monoisotopic (exact) mass is 422 g/mol. The van der Waals surface area contributed by atoms with Gasteiger partial charge < -0.3 is 15.5 Å². The Kier molecular flexibility index (Phi) is 4.69. The zero-order valence-corrected chi connectivity index (χ0v) is 18.1. The Morgan fingerprint density at radius 1 is 1.32 bits per heavy atom. The highest BCUT2D eigenvalue weighted by Gasteiger charge is 2.51. The van der Waals surface area contributed by atoms with Crippen LogP contribution in [-0.2, 0) is 0 Å². The molecule has 5 rings (SSSR count). The van der Waals surface area contributed by atoms with Crippen molar-refractivity contribution in [1.29, 1.82) is 0 Å². The van der Waals surface area contributed by atoms with Crippen molar-refractivity contribution in [3.05, 3.63) is 58.9 Å². The Hall–Kier alpha value is -3.00. The van der Waals surface area contributed by atoms with Gasteiger partial charge in [-0.05, 0) is 62.9 Å². The molecule has 2 aromatic rings. The Balaban J connectivity index is 1.31. The topological polar surface area (TPSA) is 75.1 Å². The molecule has 1 aromatic heterocycles. The smallest absolute Gasteiger partial charge is 0.162 e. The van der Waals surface area contributed by atoms with Gasteiger partial charge in [0.25, 0.3) is 0 Å². The van der Waals surface area contributed by atoms with Crippen molar-refractivity contribution >= 4 is 11.4 Å². The lowest BCUT2D eigenvalue weighted by atomic mass is 9.61. The van der Waals surface area contributed by atoms with Crippen LogP contribution in [0.15, 0.2) is 36.3 Å². The van der Waals surface area contributed by atoms with Crippen molar-refractivity contribution in [2.75, 3.05) is 26.7 Å². The van der Waals surface area contributed by atoms with Crippen molar-refractivity contribution in [3.63, 3.8) is 0 Å². The van der Waals surface area contributed by atoms with Crippen molar-refractivity contribution < 1.29 is 9.18 Å². The molecule has 1 saturated heterocycles. The number of rotatable bonds is 5. The van der Waals surface area contributed by atoms with Crippen LogP contribution >= 0.6 is 0 Å². The highest BCUT2D eigenvalue weighted by molar-refractivity contribution is 5.95. The Labute approximate surface area is 181 Å². The van der Waals surface area contributed by atoms with Crippen molar-refractivity contribution in [1.82, 2.24) is 30.5 Å². The van der Waals surface area contributed by atoms with Crippen LogP contribution in [0.4, 0.5) is 4.39 Å². The largest absolute Gasteiger partial charge is 0.385 e. The number of likely N-dealkylation sites (tertiary alicyclic amines) is 1. The second kappa shape index (κ2) is 7.30. The molecule has 1 saturated carbocycles. The maximum Gasteiger partial charge on any atom is 0.162 e. The summed E-state index contributed by atoms with van der Waals surface area (Å²) in [5.41, 5.74) is 4.72. The third-order valence-corrected chi connectivity index (χ3v) is 6.54. The lowest BCUT2D eigenvalue weighted by Crippen LogP contribution is -2.64. The van der Waals surface area contributed by atoms with Crippen molar-refractivity contribution in [2.24, 2.45) is 5.41 Å². The minimum atomic E-state index is -0.516. The van der Waals surface area contributed by atoms with Crippen LogP contribution in [0, 0.1) is 18.2 Å². The number of hydrogen-bond acceptors (Lipinski definition) is 6. The molecule has 31 heavy (non-hydrogen) atoms. The molecule has 2 N–H and O–H groups in total. The Morgan fingerprint density at radius 3 is 2.81 bits per heavy atom. The van der Waals surface area contributed by atoms with E-state index in [4.69, 9.17) is 0 Å². The van der Waals surface area contributed by atoms with E-state index in [-0.39, 0.29) is 11.3 Å². The molecule has 0 unspecified atom stereocenters. The molecule has 1 aromatic carbocycles. The third kappa shape index (κ3) is 3.65. The van der Waals surface area contributed by atoms with E-state index in [0.717, 1.165) is 17.8 Å². The van der Waals surface area contributed by atoms with E-state index in [9.17, 15) is 9.18 Å². The number of aromatic nitrogens is 3. The molecule has 1 aliphatic carbocycles. The average molecular weight is 423 g/mol. The number of allylic oxidation sites excluding steroid dienone is 2. The van der Waals surface area contributed by atoms with Gasteiger partial charge in [-0.3, -0.25) is 4.79 Å². The molecule has 0 bridgehead atoms. The number of nitrogens with one attached hydrogen (secondary N) is 2. The number of carbonyl (C=O) groups excluding carboxylic acids is 1. The van der Waals surface area contributed by atoms with E-state index in [1.54, 1.807) is 17.8 Å². The maximum absolute atomic E-state index is 14.1. The molecule has 0 atom stereocenters. The summed E-state index contributed by atoms with van der Waals surface area (Å²) in [4.78, 5) is 14.1. The van der Waals surface area contributed by atoms with Gasteiger partial charge in [0.05, 0.1) is 24.0 Å². The van der Waals surface area contributed by atoms with Gasteiger partial charge in [0.2, 0.25) is 0 Å². The highest BCUT2D eigenvalue weighted by Crippen LogP contribution is 2.47.